The second kappa shape index (κ2) is 9.86. The number of carbonyl (C=O) groups is 1. The van der Waals surface area contributed by atoms with E-state index in [-0.39, 0.29) is 5.91 Å². The molecular formula is C22H27N5O2. The van der Waals surface area contributed by atoms with E-state index < -0.39 is 0 Å². The molecule has 0 unspecified atom stereocenters. The van der Waals surface area contributed by atoms with Crippen molar-refractivity contribution in [3.63, 3.8) is 0 Å². The Balaban J connectivity index is 1.89. The molecule has 0 radical (unpaired) electrons. The molecule has 0 bridgehead atoms. The molecule has 3 aromatic rings. The van der Waals surface area contributed by atoms with Gasteiger partial charge in [-0.05, 0) is 43.9 Å². The highest BCUT2D eigenvalue weighted by Gasteiger charge is 2.17. The van der Waals surface area contributed by atoms with Crippen LogP contribution in [0, 0.1) is 0 Å². The van der Waals surface area contributed by atoms with E-state index in [4.69, 9.17) is 4.74 Å². The summed E-state index contributed by atoms with van der Waals surface area (Å²) in [6.07, 6.45) is 1.86. The summed E-state index contributed by atoms with van der Waals surface area (Å²) in [5.41, 5.74) is 3.29. The zero-order valence-electron chi connectivity index (χ0n) is 17.0. The van der Waals surface area contributed by atoms with Crippen LogP contribution in [0.3, 0.4) is 0 Å². The number of likely N-dealkylation sites (N-methyl/N-ethyl adjacent to an activating group) is 2. The van der Waals surface area contributed by atoms with Gasteiger partial charge in [0.25, 0.3) is 5.91 Å². The van der Waals surface area contributed by atoms with Crippen LogP contribution in [0.4, 0.5) is 0 Å². The molecule has 0 aliphatic rings. The van der Waals surface area contributed by atoms with Crippen molar-refractivity contribution in [3.8, 4) is 22.6 Å². The summed E-state index contributed by atoms with van der Waals surface area (Å²) in [7, 11) is 5.61. The van der Waals surface area contributed by atoms with Crippen molar-refractivity contribution < 1.29 is 9.53 Å². The van der Waals surface area contributed by atoms with Crippen LogP contribution in [0.25, 0.3) is 11.1 Å². The minimum absolute atomic E-state index is 0.200. The fraction of sp³-hybridized carbons (Fsp3) is 0.273. The molecule has 3 N–H and O–H groups in total. The smallest absolute Gasteiger partial charge is 0.254 e. The first-order valence-corrected chi connectivity index (χ1v) is 9.57. The Morgan fingerprint density at radius 2 is 1.97 bits per heavy atom. The molecule has 0 spiro atoms. The van der Waals surface area contributed by atoms with Gasteiger partial charge in [0.1, 0.15) is 11.5 Å². The predicted molar refractivity (Wildman–Crippen MR) is 114 cm³/mol. The van der Waals surface area contributed by atoms with E-state index in [2.05, 4.69) is 32.8 Å². The Kier molecular flexibility index (Phi) is 6.99. The predicted octanol–water partition coefficient (Wildman–Crippen LogP) is 2.88. The lowest BCUT2D eigenvalue weighted by Gasteiger charge is -2.16. The number of para-hydroxylation sites is 1. The molecule has 152 valence electrons. The molecule has 0 aliphatic carbocycles. The lowest BCUT2D eigenvalue weighted by molar-refractivity contribution is 0.0961. The molecule has 0 aliphatic heterocycles. The van der Waals surface area contributed by atoms with E-state index in [1.54, 1.807) is 7.05 Å². The first kappa shape index (κ1) is 20.6. The Labute approximate surface area is 171 Å². The van der Waals surface area contributed by atoms with E-state index >= 15 is 0 Å². The average Bonchev–Trinajstić information content (AvgIpc) is 3.20. The number of carbonyl (C=O) groups excluding carboxylic acids is 1. The van der Waals surface area contributed by atoms with E-state index in [0.717, 1.165) is 29.9 Å². The minimum Gasteiger partial charge on any atom is -0.457 e. The van der Waals surface area contributed by atoms with Crippen LogP contribution < -0.4 is 15.4 Å². The van der Waals surface area contributed by atoms with Crippen LogP contribution >= 0.6 is 0 Å². The molecule has 3 rings (SSSR count). The van der Waals surface area contributed by atoms with Gasteiger partial charge < -0.3 is 15.4 Å². The Bertz CT molecular complexity index is 939. The largest absolute Gasteiger partial charge is 0.457 e. The normalized spacial score (nSPS) is 10.9. The topological polar surface area (TPSA) is 82.3 Å². The first-order valence-electron chi connectivity index (χ1n) is 9.57. The number of H-pyrrole nitrogens is 1. The van der Waals surface area contributed by atoms with Crippen molar-refractivity contribution in [2.75, 3.05) is 34.2 Å². The van der Waals surface area contributed by atoms with Crippen molar-refractivity contribution >= 4 is 5.91 Å². The number of hydrogen-bond acceptors (Lipinski definition) is 5. The third-order valence-electron chi connectivity index (χ3n) is 4.62. The molecule has 0 saturated carbocycles. The molecule has 7 heteroatoms. The average molecular weight is 393 g/mol. The molecule has 2 aromatic carbocycles. The number of nitrogens with zero attached hydrogens (tertiary/aromatic N) is 2. The quantitative estimate of drug-likeness (QED) is 0.521. The molecule has 0 saturated heterocycles. The Morgan fingerprint density at radius 3 is 2.69 bits per heavy atom. The van der Waals surface area contributed by atoms with Gasteiger partial charge in [0.05, 0.1) is 11.3 Å². The van der Waals surface area contributed by atoms with Gasteiger partial charge in [0.15, 0.2) is 0 Å². The maximum Gasteiger partial charge on any atom is 0.254 e. The summed E-state index contributed by atoms with van der Waals surface area (Å²) in [5, 5.41) is 13.2. The number of amides is 1. The van der Waals surface area contributed by atoms with Crippen molar-refractivity contribution in [2.24, 2.45) is 0 Å². The van der Waals surface area contributed by atoms with Crippen LogP contribution in [0.5, 0.6) is 11.5 Å². The second-order valence-electron chi connectivity index (χ2n) is 6.79. The van der Waals surface area contributed by atoms with E-state index in [1.807, 2.05) is 61.8 Å². The number of nitrogens with one attached hydrogen (secondary N) is 3. The van der Waals surface area contributed by atoms with Crippen molar-refractivity contribution in [1.29, 1.82) is 0 Å². The summed E-state index contributed by atoms with van der Waals surface area (Å²) in [5.74, 6) is 0.991. The molecule has 0 atom stereocenters. The van der Waals surface area contributed by atoms with Gasteiger partial charge in [-0.2, -0.15) is 5.10 Å². The molecular weight excluding hydrogens is 366 g/mol. The molecule has 7 nitrogen and oxygen atoms in total. The Hall–Kier alpha value is -3.16. The van der Waals surface area contributed by atoms with Gasteiger partial charge in [-0.1, -0.05) is 24.3 Å². The molecule has 1 aromatic heterocycles. The van der Waals surface area contributed by atoms with Gasteiger partial charge >= 0.3 is 0 Å². The first-order chi connectivity index (χ1) is 14.1. The maximum absolute atomic E-state index is 12.5. The molecule has 29 heavy (non-hydrogen) atoms. The minimum atomic E-state index is -0.200. The van der Waals surface area contributed by atoms with Gasteiger partial charge in [0.2, 0.25) is 0 Å². The molecule has 1 heterocycles. The number of hydrogen-bond donors (Lipinski definition) is 3. The van der Waals surface area contributed by atoms with Crippen LogP contribution in [-0.4, -0.2) is 55.2 Å². The summed E-state index contributed by atoms with van der Waals surface area (Å²) in [6.45, 7) is 2.52. The monoisotopic (exact) mass is 393 g/mol. The SMILES string of the molecule is CNCCN(C)Cc1n[nH]cc1-c1ccc(Oc2ccccc2)c(C(=O)NC)c1. The summed E-state index contributed by atoms with van der Waals surface area (Å²) in [4.78, 5) is 14.7. The van der Waals surface area contributed by atoms with Crippen molar-refractivity contribution in [1.82, 2.24) is 25.7 Å². The number of benzene rings is 2. The highest BCUT2D eigenvalue weighted by Crippen LogP contribution is 2.31. The summed E-state index contributed by atoms with van der Waals surface area (Å²) in [6, 6.07) is 15.0. The van der Waals surface area contributed by atoms with Crippen LogP contribution in [-0.2, 0) is 6.54 Å². The van der Waals surface area contributed by atoms with Crippen LogP contribution in [0.1, 0.15) is 16.1 Å². The number of ether oxygens (including phenoxy) is 1. The van der Waals surface area contributed by atoms with E-state index in [9.17, 15) is 4.79 Å². The second-order valence-corrected chi connectivity index (χ2v) is 6.79. The van der Waals surface area contributed by atoms with Gasteiger partial charge in [0, 0.05) is 38.4 Å². The van der Waals surface area contributed by atoms with Gasteiger partial charge in [-0.3, -0.25) is 14.8 Å². The number of aromatic nitrogens is 2. The van der Waals surface area contributed by atoms with Gasteiger partial charge in [-0.25, -0.2) is 0 Å². The maximum atomic E-state index is 12.5. The van der Waals surface area contributed by atoms with Crippen LogP contribution in [0.2, 0.25) is 0 Å². The highest BCUT2D eigenvalue weighted by atomic mass is 16.5. The summed E-state index contributed by atoms with van der Waals surface area (Å²) < 4.78 is 5.94. The van der Waals surface area contributed by atoms with E-state index in [0.29, 0.717) is 23.6 Å². The lowest BCUT2D eigenvalue weighted by atomic mass is 10.0. The van der Waals surface area contributed by atoms with Crippen molar-refractivity contribution in [3.05, 3.63) is 66.0 Å². The van der Waals surface area contributed by atoms with E-state index in [1.165, 1.54) is 0 Å². The zero-order chi connectivity index (χ0) is 20.6. The highest BCUT2D eigenvalue weighted by molar-refractivity contribution is 5.98. The van der Waals surface area contributed by atoms with Gasteiger partial charge in [-0.15, -0.1) is 0 Å². The third kappa shape index (κ3) is 5.22. The fourth-order valence-corrected chi connectivity index (χ4v) is 3.04. The third-order valence-corrected chi connectivity index (χ3v) is 4.62. The number of aromatic amines is 1. The Morgan fingerprint density at radius 1 is 1.17 bits per heavy atom. The lowest BCUT2D eigenvalue weighted by Crippen LogP contribution is -2.27. The zero-order valence-corrected chi connectivity index (χ0v) is 17.0. The van der Waals surface area contributed by atoms with Crippen LogP contribution in [0.15, 0.2) is 54.7 Å². The molecule has 0 fully saturated rings. The van der Waals surface area contributed by atoms with Crippen molar-refractivity contribution in [2.45, 2.75) is 6.54 Å². The standard InChI is InChI=1S/C22H27N5O2/c1-23-11-12-27(3)15-20-19(14-25-26-20)16-9-10-21(18(13-16)22(28)24-2)29-17-7-5-4-6-8-17/h4-10,13-14,23H,11-12,15H2,1-3H3,(H,24,28)(H,25,26). The fourth-order valence-electron chi connectivity index (χ4n) is 3.04. The molecule has 1 amide bonds. The number of rotatable bonds is 9. The summed E-state index contributed by atoms with van der Waals surface area (Å²) >= 11 is 0.